The van der Waals surface area contributed by atoms with Gasteiger partial charge in [0.1, 0.15) is 10.9 Å². The number of carbonyl (C=O) groups excluding carboxylic acids is 1. The van der Waals surface area contributed by atoms with E-state index in [1.165, 1.54) is 18.4 Å². The highest BCUT2D eigenvalue weighted by Gasteiger charge is 2.41. The number of pyridine rings is 1. The van der Waals surface area contributed by atoms with Gasteiger partial charge in [-0.25, -0.2) is 4.98 Å². The molecule has 3 unspecified atom stereocenters. The van der Waals surface area contributed by atoms with Crippen molar-refractivity contribution in [1.29, 1.82) is 0 Å². The van der Waals surface area contributed by atoms with E-state index < -0.39 is 0 Å². The molecule has 1 aromatic rings. The molecule has 2 saturated heterocycles. The molecule has 2 bridgehead atoms. The van der Waals surface area contributed by atoms with Gasteiger partial charge in [0.25, 0.3) is 0 Å². The third-order valence-corrected chi connectivity index (χ3v) is 4.66. The molecule has 0 amide bonds. The van der Waals surface area contributed by atoms with Gasteiger partial charge >= 0.3 is 0 Å². The molecule has 3 nitrogen and oxygen atoms in total. The normalized spacial score (nSPS) is 28.6. The van der Waals surface area contributed by atoms with Gasteiger partial charge in [0.05, 0.1) is 0 Å². The molecule has 0 aliphatic carbocycles. The average molecular weight is 279 g/mol. The zero-order valence-electron chi connectivity index (χ0n) is 11.2. The highest BCUT2D eigenvalue weighted by molar-refractivity contribution is 6.29. The van der Waals surface area contributed by atoms with Crippen LogP contribution in [0.15, 0.2) is 18.3 Å². The number of hydrogen-bond acceptors (Lipinski definition) is 3. The fourth-order valence-corrected chi connectivity index (χ4v) is 3.81. The topological polar surface area (TPSA) is 33.2 Å². The minimum atomic E-state index is 0.448. The van der Waals surface area contributed by atoms with E-state index in [1.807, 2.05) is 18.3 Å². The second-order valence-electron chi connectivity index (χ2n) is 5.82. The summed E-state index contributed by atoms with van der Waals surface area (Å²) < 4.78 is 0. The Hall–Kier alpha value is -0.930. The van der Waals surface area contributed by atoms with E-state index in [0.29, 0.717) is 29.1 Å². The number of nitrogens with zero attached hydrogens (tertiary/aromatic N) is 2. The van der Waals surface area contributed by atoms with Crippen LogP contribution in [-0.4, -0.2) is 33.8 Å². The summed E-state index contributed by atoms with van der Waals surface area (Å²) in [6, 6.07) is 5.30. The van der Waals surface area contributed by atoms with Crippen LogP contribution in [0.5, 0.6) is 0 Å². The maximum Gasteiger partial charge on any atom is 0.136 e. The Balaban J connectivity index is 1.69. The molecule has 1 aromatic heterocycles. The highest BCUT2D eigenvalue weighted by atomic mass is 35.5. The van der Waals surface area contributed by atoms with E-state index in [4.69, 9.17) is 11.6 Å². The summed E-state index contributed by atoms with van der Waals surface area (Å²) in [5.74, 6) is 0.448. The summed E-state index contributed by atoms with van der Waals surface area (Å²) in [6.45, 7) is 2.26. The fourth-order valence-electron chi connectivity index (χ4n) is 3.70. The Kier molecular flexibility index (Phi) is 3.59. The van der Waals surface area contributed by atoms with Crippen molar-refractivity contribution in [1.82, 2.24) is 9.88 Å². The predicted octanol–water partition coefficient (Wildman–Crippen LogP) is 2.86. The summed E-state index contributed by atoms with van der Waals surface area (Å²) in [6.07, 6.45) is 6.69. The first-order chi connectivity index (χ1) is 9.13. The number of piperidine rings is 1. The van der Waals surface area contributed by atoms with Crippen LogP contribution < -0.4 is 0 Å². The first-order valence-corrected chi connectivity index (χ1v) is 7.41. The van der Waals surface area contributed by atoms with Gasteiger partial charge in [0.15, 0.2) is 0 Å². The SMILES string of the molecule is CC(Cc1ccc(Cl)nc1)N1C2CCC1CC(=O)C2. The van der Waals surface area contributed by atoms with Crippen LogP contribution in [0.25, 0.3) is 0 Å². The van der Waals surface area contributed by atoms with E-state index in [2.05, 4.69) is 16.8 Å². The Morgan fingerprint density at radius 2 is 2.05 bits per heavy atom. The molecule has 19 heavy (non-hydrogen) atoms. The number of hydrogen-bond donors (Lipinski definition) is 0. The molecule has 2 aliphatic rings. The second-order valence-corrected chi connectivity index (χ2v) is 6.21. The zero-order valence-corrected chi connectivity index (χ0v) is 11.9. The third kappa shape index (κ3) is 2.67. The van der Waals surface area contributed by atoms with Gasteiger partial charge in [0, 0.05) is 37.2 Å². The highest BCUT2D eigenvalue weighted by Crippen LogP contribution is 2.36. The van der Waals surface area contributed by atoms with E-state index >= 15 is 0 Å². The van der Waals surface area contributed by atoms with Gasteiger partial charge in [-0.1, -0.05) is 17.7 Å². The smallest absolute Gasteiger partial charge is 0.136 e. The van der Waals surface area contributed by atoms with Gasteiger partial charge in [0.2, 0.25) is 0 Å². The van der Waals surface area contributed by atoms with Crippen LogP contribution >= 0.6 is 11.6 Å². The minimum absolute atomic E-state index is 0.448. The third-order valence-electron chi connectivity index (χ3n) is 4.43. The molecule has 2 fully saturated rings. The van der Waals surface area contributed by atoms with Gasteiger partial charge in [-0.05, 0) is 37.8 Å². The van der Waals surface area contributed by atoms with E-state index in [9.17, 15) is 4.79 Å². The summed E-state index contributed by atoms with van der Waals surface area (Å²) in [7, 11) is 0. The predicted molar refractivity (Wildman–Crippen MR) is 75.3 cm³/mol. The summed E-state index contributed by atoms with van der Waals surface area (Å²) in [4.78, 5) is 18.3. The maximum absolute atomic E-state index is 11.6. The number of aromatic nitrogens is 1. The molecule has 0 N–H and O–H groups in total. The molecular weight excluding hydrogens is 260 g/mol. The molecule has 4 heteroatoms. The van der Waals surface area contributed by atoms with Gasteiger partial charge in [-0.3, -0.25) is 9.69 Å². The number of carbonyl (C=O) groups is 1. The number of Topliss-reactive ketones (excluding diaryl/α,β-unsaturated/α-hetero) is 1. The van der Waals surface area contributed by atoms with Crippen LogP contribution in [-0.2, 0) is 11.2 Å². The van der Waals surface area contributed by atoms with E-state index in [-0.39, 0.29) is 0 Å². The lowest BCUT2D eigenvalue weighted by molar-refractivity contribution is -0.124. The summed E-state index contributed by atoms with van der Waals surface area (Å²) in [5.41, 5.74) is 1.22. The van der Waals surface area contributed by atoms with E-state index in [0.717, 1.165) is 19.3 Å². The second kappa shape index (κ2) is 5.22. The molecule has 0 aromatic carbocycles. The van der Waals surface area contributed by atoms with Crippen molar-refractivity contribution < 1.29 is 4.79 Å². The Morgan fingerprint density at radius 3 is 2.63 bits per heavy atom. The number of fused-ring (bicyclic) bond motifs is 2. The van der Waals surface area contributed by atoms with E-state index in [1.54, 1.807) is 0 Å². The zero-order chi connectivity index (χ0) is 13.4. The number of halogens is 1. The fraction of sp³-hybridized carbons (Fsp3) is 0.600. The molecule has 102 valence electrons. The molecule has 3 atom stereocenters. The lowest BCUT2D eigenvalue weighted by Crippen LogP contribution is -2.48. The number of rotatable bonds is 3. The molecule has 0 spiro atoms. The van der Waals surface area contributed by atoms with Crippen molar-refractivity contribution in [2.45, 2.75) is 57.2 Å². The molecular formula is C15H19ClN2O. The van der Waals surface area contributed by atoms with Crippen LogP contribution in [0.2, 0.25) is 5.15 Å². The molecule has 2 aliphatic heterocycles. The lowest BCUT2D eigenvalue weighted by atomic mass is 9.97. The molecule has 3 rings (SSSR count). The number of ketones is 1. The van der Waals surface area contributed by atoms with Crippen LogP contribution in [0.4, 0.5) is 0 Å². The van der Waals surface area contributed by atoms with Crippen molar-refractivity contribution >= 4 is 17.4 Å². The quantitative estimate of drug-likeness (QED) is 0.797. The Bertz CT molecular complexity index is 458. The van der Waals surface area contributed by atoms with Crippen molar-refractivity contribution in [2.75, 3.05) is 0 Å². The largest absolute Gasteiger partial charge is 0.300 e. The van der Waals surface area contributed by atoms with Crippen molar-refractivity contribution in [3.8, 4) is 0 Å². The molecule has 0 radical (unpaired) electrons. The molecule has 0 saturated carbocycles. The molecule has 3 heterocycles. The summed E-state index contributed by atoms with van der Waals surface area (Å²) >= 11 is 5.81. The standard InChI is InChI=1S/C15H19ClN2O/c1-10(6-11-2-5-15(16)17-9-11)18-12-3-4-13(18)8-14(19)7-12/h2,5,9-10,12-13H,3-4,6-8H2,1H3. The van der Waals surface area contributed by atoms with Crippen LogP contribution in [0.1, 0.15) is 38.2 Å². The van der Waals surface area contributed by atoms with Crippen molar-refractivity contribution in [3.05, 3.63) is 29.0 Å². The van der Waals surface area contributed by atoms with Gasteiger partial charge in [-0.2, -0.15) is 0 Å². The minimum Gasteiger partial charge on any atom is -0.300 e. The van der Waals surface area contributed by atoms with Crippen LogP contribution in [0.3, 0.4) is 0 Å². The Morgan fingerprint density at radius 1 is 1.37 bits per heavy atom. The van der Waals surface area contributed by atoms with Crippen LogP contribution in [0, 0.1) is 0 Å². The lowest BCUT2D eigenvalue weighted by Gasteiger charge is -2.38. The average Bonchev–Trinajstić information content (AvgIpc) is 2.65. The van der Waals surface area contributed by atoms with Gasteiger partial charge < -0.3 is 0 Å². The first-order valence-electron chi connectivity index (χ1n) is 7.03. The monoisotopic (exact) mass is 278 g/mol. The maximum atomic E-state index is 11.6. The van der Waals surface area contributed by atoms with Crippen molar-refractivity contribution in [3.63, 3.8) is 0 Å². The van der Waals surface area contributed by atoms with Crippen molar-refractivity contribution in [2.24, 2.45) is 0 Å². The summed E-state index contributed by atoms with van der Waals surface area (Å²) in [5, 5.41) is 0.542. The first kappa shape index (κ1) is 13.1. The Labute approximate surface area is 119 Å². The van der Waals surface area contributed by atoms with Gasteiger partial charge in [-0.15, -0.1) is 0 Å².